The topological polar surface area (TPSA) is 158 Å². The zero-order chi connectivity index (χ0) is 34.6. The fraction of sp³-hybridized carbons (Fsp3) is 0.250. The summed E-state index contributed by atoms with van der Waals surface area (Å²) in [6.07, 6.45) is 2.79. The molecule has 1 unspecified atom stereocenters. The molecule has 0 fully saturated rings. The van der Waals surface area contributed by atoms with Crippen molar-refractivity contribution in [3.63, 3.8) is 0 Å². The monoisotopic (exact) mass is 706 g/mol. The van der Waals surface area contributed by atoms with Crippen LogP contribution in [-0.4, -0.2) is 58.2 Å². The Bertz CT molecular complexity index is 2060. The van der Waals surface area contributed by atoms with Crippen molar-refractivity contribution >= 4 is 30.4 Å². The molecular formula is C32H34O12S3. The van der Waals surface area contributed by atoms with Gasteiger partial charge in [0, 0.05) is 5.56 Å². The highest BCUT2D eigenvalue weighted by atomic mass is 32.2. The van der Waals surface area contributed by atoms with Crippen LogP contribution in [0.5, 0.6) is 34.5 Å². The van der Waals surface area contributed by atoms with E-state index in [1.54, 1.807) is 24.3 Å². The molecule has 0 amide bonds. The van der Waals surface area contributed by atoms with Crippen molar-refractivity contribution < 1.29 is 52.0 Å². The summed E-state index contributed by atoms with van der Waals surface area (Å²) in [6, 6.07) is 21.3. The van der Waals surface area contributed by atoms with Crippen molar-refractivity contribution in [3.8, 4) is 56.8 Å². The van der Waals surface area contributed by atoms with Gasteiger partial charge in [0.25, 0.3) is 0 Å². The third-order valence-electron chi connectivity index (χ3n) is 6.56. The van der Waals surface area contributed by atoms with E-state index in [2.05, 4.69) is 0 Å². The van der Waals surface area contributed by atoms with Gasteiger partial charge in [-0.05, 0) is 53.4 Å². The molecule has 4 aromatic rings. The van der Waals surface area contributed by atoms with Gasteiger partial charge in [-0.2, -0.15) is 25.3 Å². The van der Waals surface area contributed by atoms with E-state index in [1.807, 2.05) is 37.3 Å². The molecule has 0 saturated heterocycles. The van der Waals surface area contributed by atoms with Crippen LogP contribution in [0.15, 0.2) is 78.9 Å². The Labute approximate surface area is 275 Å². The minimum atomic E-state index is -4.16. The highest BCUT2D eigenvalue weighted by Crippen LogP contribution is 2.52. The average Bonchev–Trinajstić information content (AvgIpc) is 2.98. The van der Waals surface area contributed by atoms with Crippen LogP contribution in [-0.2, 0) is 30.4 Å². The van der Waals surface area contributed by atoms with Crippen LogP contribution in [0.1, 0.15) is 25.0 Å². The van der Waals surface area contributed by atoms with Gasteiger partial charge < -0.3 is 26.8 Å². The second-order valence-electron chi connectivity index (χ2n) is 10.3. The van der Waals surface area contributed by atoms with Crippen LogP contribution in [0.25, 0.3) is 22.3 Å². The van der Waals surface area contributed by atoms with Crippen LogP contribution in [0.2, 0.25) is 0 Å². The van der Waals surface area contributed by atoms with E-state index in [1.165, 1.54) is 38.5 Å². The van der Waals surface area contributed by atoms with Gasteiger partial charge in [0.05, 0.1) is 38.6 Å². The SMILES string of the molecule is CCC(Oc1ccc(-c2c(OC)cc(-c3ccc(OS(C)(=O)=O)cc3)c(OC)c2OS(C)(=O)=O)cc1OS(C)(=O)=O)c1ccccc1. The summed E-state index contributed by atoms with van der Waals surface area (Å²) in [5, 5.41) is 0. The molecule has 0 radical (unpaired) electrons. The lowest BCUT2D eigenvalue weighted by Gasteiger charge is -2.22. The number of benzene rings is 4. The molecule has 0 aliphatic heterocycles. The zero-order valence-electron chi connectivity index (χ0n) is 26.4. The first kappa shape index (κ1) is 35.4. The van der Waals surface area contributed by atoms with E-state index in [0.29, 0.717) is 17.5 Å². The molecule has 0 spiro atoms. The van der Waals surface area contributed by atoms with Gasteiger partial charge in [0.15, 0.2) is 23.0 Å². The van der Waals surface area contributed by atoms with Gasteiger partial charge in [0.2, 0.25) is 0 Å². The summed E-state index contributed by atoms with van der Waals surface area (Å²) in [5.41, 5.74) is 2.03. The maximum atomic E-state index is 12.6. The molecule has 15 heteroatoms. The van der Waals surface area contributed by atoms with E-state index in [0.717, 1.165) is 24.3 Å². The normalized spacial score (nSPS) is 12.6. The molecule has 0 N–H and O–H groups in total. The molecule has 4 aromatic carbocycles. The second-order valence-corrected chi connectivity index (χ2v) is 15.1. The molecule has 4 rings (SSSR count). The number of hydrogen-bond donors (Lipinski definition) is 0. The molecule has 12 nitrogen and oxygen atoms in total. The first-order valence-corrected chi connectivity index (χ1v) is 19.4. The first-order chi connectivity index (χ1) is 22.0. The molecule has 0 bridgehead atoms. The fourth-order valence-electron chi connectivity index (χ4n) is 4.76. The maximum absolute atomic E-state index is 12.6. The summed E-state index contributed by atoms with van der Waals surface area (Å²) in [4.78, 5) is 0. The van der Waals surface area contributed by atoms with E-state index in [-0.39, 0.29) is 45.6 Å². The highest BCUT2D eigenvalue weighted by molar-refractivity contribution is 7.86. The molecule has 1 atom stereocenters. The number of rotatable bonds is 14. The number of methoxy groups -OCH3 is 2. The molecule has 0 saturated carbocycles. The Balaban J connectivity index is 1.93. The van der Waals surface area contributed by atoms with Crippen molar-refractivity contribution in [2.75, 3.05) is 33.0 Å². The van der Waals surface area contributed by atoms with Crippen LogP contribution in [0, 0.1) is 0 Å². The molecule has 0 aliphatic carbocycles. The maximum Gasteiger partial charge on any atom is 0.306 e. The molecule has 252 valence electrons. The Morgan fingerprint density at radius 2 is 1.19 bits per heavy atom. The van der Waals surface area contributed by atoms with Gasteiger partial charge in [-0.25, -0.2) is 0 Å². The summed E-state index contributed by atoms with van der Waals surface area (Å²) in [6.45, 7) is 1.92. The smallest absolute Gasteiger partial charge is 0.306 e. The average molecular weight is 707 g/mol. The fourth-order valence-corrected chi connectivity index (χ4v) is 6.14. The van der Waals surface area contributed by atoms with Crippen LogP contribution >= 0.6 is 0 Å². The number of ether oxygens (including phenoxy) is 3. The van der Waals surface area contributed by atoms with Gasteiger partial charge in [-0.3, -0.25) is 0 Å². The predicted octanol–water partition coefficient (Wildman–Crippen LogP) is 5.58. The molecule has 47 heavy (non-hydrogen) atoms. The van der Waals surface area contributed by atoms with Crippen LogP contribution in [0.4, 0.5) is 0 Å². The van der Waals surface area contributed by atoms with E-state index < -0.39 is 36.5 Å². The number of hydrogen-bond acceptors (Lipinski definition) is 12. The Morgan fingerprint density at radius 3 is 1.72 bits per heavy atom. The minimum Gasteiger partial charge on any atom is -0.496 e. The minimum absolute atomic E-state index is 0.0101. The third-order valence-corrected chi connectivity index (χ3v) is 8.00. The van der Waals surface area contributed by atoms with Gasteiger partial charge in [-0.15, -0.1) is 0 Å². The van der Waals surface area contributed by atoms with Crippen LogP contribution in [0.3, 0.4) is 0 Å². The summed E-state index contributed by atoms with van der Waals surface area (Å²) < 4.78 is 106. The first-order valence-electron chi connectivity index (χ1n) is 14.0. The summed E-state index contributed by atoms with van der Waals surface area (Å²) >= 11 is 0. The van der Waals surface area contributed by atoms with E-state index >= 15 is 0 Å². The molecule has 0 aromatic heterocycles. The van der Waals surface area contributed by atoms with Gasteiger partial charge >= 0.3 is 30.4 Å². The predicted molar refractivity (Wildman–Crippen MR) is 177 cm³/mol. The van der Waals surface area contributed by atoms with Crippen LogP contribution < -0.4 is 26.8 Å². The lowest BCUT2D eigenvalue weighted by Crippen LogP contribution is -2.11. The Hall–Kier alpha value is -4.47. The van der Waals surface area contributed by atoms with Gasteiger partial charge in [-0.1, -0.05) is 55.5 Å². The van der Waals surface area contributed by atoms with Crippen molar-refractivity contribution in [1.82, 2.24) is 0 Å². The van der Waals surface area contributed by atoms with E-state index in [9.17, 15) is 25.3 Å². The molecule has 0 aliphatic rings. The summed E-state index contributed by atoms with van der Waals surface area (Å²) in [7, 11) is -9.30. The molecule has 0 heterocycles. The quantitative estimate of drug-likeness (QED) is 0.150. The third kappa shape index (κ3) is 9.30. The lowest BCUT2D eigenvalue weighted by atomic mass is 9.96. The van der Waals surface area contributed by atoms with Crippen molar-refractivity contribution in [2.24, 2.45) is 0 Å². The standard InChI is InChI=1S/C32H34O12S3/c1-7-26(22-11-9-8-10-12-22)41-27-18-15-23(19-28(27)43-46(5,35)36)30-29(39-2)20-25(31(40-3)32(30)44-47(6,37)38)21-13-16-24(17-14-21)42-45(4,33)34/h8-20,26H,7H2,1-6H3. The highest BCUT2D eigenvalue weighted by Gasteiger charge is 2.28. The van der Waals surface area contributed by atoms with E-state index in [4.69, 9.17) is 26.8 Å². The Kier molecular flexibility index (Phi) is 10.6. The van der Waals surface area contributed by atoms with Gasteiger partial charge in [0.1, 0.15) is 17.6 Å². The Morgan fingerprint density at radius 1 is 0.596 bits per heavy atom. The molecular weight excluding hydrogens is 673 g/mol. The zero-order valence-corrected chi connectivity index (χ0v) is 28.9. The lowest BCUT2D eigenvalue weighted by molar-refractivity contribution is 0.196. The van der Waals surface area contributed by atoms with Crippen molar-refractivity contribution in [1.29, 1.82) is 0 Å². The second kappa shape index (κ2) is 14.1. The van der Waals surface area contributed by atoms with Crippen molar-refractivity contribution in [3.05, 3.63) is 84.4 Å². The largest absolute Gasteiger partial charge is 0.496 e. The summed E-state index contributed by atoms with van der Waals surface area (Å²) in [5.74, 6) is -0.106. The van der Waals surface area contributed by atoms with Crippen molar-refractivity contribution in [2.45, 2.75) is 19.4 Å².